The van der Waals surface area contributed by atoms with Crippen LogP contribution in [0, 0.1) is 5.82 Å². The summed E-state index contributed by atoms with van der Waals surface area (Å²) in [5.74, 6) is -0.191. The number of halogens is 4. The Labute approximate surface area is 135 Å². The molecule has 0 bridgehead atoms. The molecule has 5 heteroatoms. The van der Waals surface area contributed by atoms with Crippen LogP contribution in [0.15, 0.2) is 34.8 Å². The molecular formula is C15H11BrCl2FN. The van der Waals surface area contributed by atoms with Gasteiger partial charge in [0.1, 0.15) is 5.82 Å². The lowest BCUT2D eigenvalue weighted by molar-refractivity contribution is 0.626. The molecular weight excluding hydrogens is 364 g/mol. The van der Waals surface area contributed by atoms with Gasteiger partial charge in [-0.25, -0.2) is 4.39 Å². The zero-order chi connectivity index (χ0) is 14.3. The minimum atomic E-state index is -0.191. The van der Waals surface area contributed by atoms with Crippen LogP contribution in [0.3, 0.4) is 0 Å². The van der Waals surface area contributed by atoms with Gasteiger partial charge >= 0.3 is 0 Å². The van der Waals surface area contributed by atoms with Crippen molar-refractivity contribution in [2.24, 2.45) is 0 Å². The highest BCUT2D eigenvalue weighted by atomic mass is 79.9. The molecule has 1 unspecified atom stereocenters. The Balaban J connectivity index is 1.91. The highest BCUT2D eigenvalue weighted by Crippen LogP contribution is 2.40. The first-order valence-electron chi connectivity index (χ1n) is 6.24. The summed E-state index contributed by atoms with van der Waals surface area (Å²) in [5, 5.41) is 4.51. The van der Waals surface area contributed by atoms with Crippen LogP contribution in [0.25, 0.3) is 0 Å². The fourth-order valence-electron chi connectivity index (χ4n) is 2.59. The maximum absolute atomic E-state index is 13.2. The Morgan fingerprint density at radius 1 is 1.15 bits per heavy atom. The number of anilines is 1. The van der Waals surface area contributed by atoms with Crippen molar-refractivity contribution in [1.82, 2.24) is 0 Å². The van der Waals surface area contributed by atoms with Crippen molar-refractivity contribution in [3.8, 4) is 0 Å². The molecule has 0 radical (unpaired) electrons. The third kappa shape index (κ3) is 2.67. The van der Waals surface area contributed by atoms with Crippen molar-refractivity contribution in [3.05, 3.63) is 61.8 Å². The fraction of sp³-hybridized carbons (Fsp3) is 0.200. The molecule has 2 aromatic rings. The molecule has 1 aliphatic rings. The highest BCUT2D eigenvalue weighted by Gasteiger charge is 2.24. The third-order valence-corrected chi connectivity index (χ3v) is 4.56. The van der Waals surface area contributed by atoms with Crippen LogP contribution in [0.1, 0.15) is 23.6 Å². The van der Waals surface area contributed by atoms with Crippen LogP contribution < -0.4 is 5.32 Å². The van der Waals surface area contributed by atoms with Crippen molar-refractivity contribution in [2.45, 2.75) is 18.9 Å². The Hall–Kier alpha value is -0.770. The molecule has 0 heterocycles. The molecule has 1 nitrogen and oxygen atoms in total. The second-order valence-electron chi connectivity index (χ2n) is 4.82. The van der Waals surface area contributed by atoms with Gasteiger partial charge in [0.15, 0.2) is 0 Å². The van der Waals surface area contributed by atoms with Gasteiger partial charge in [-0.3, -0.25) is 0 Å². The van der Waals surface area contributed by atoms with E-state index in [2.05, 4.69) is 21.2 Å². The quantitative estimate of drug-likeness (QED) is 0.680. The van der Waals surface area contributed by atoms with Gasteiger partial charge < -0.3 is 5.32 Å². The van der Waals surface area contributed by atoms with E-state index in [0.29, 0.717) is 10.0 Å². The maximum Gasteiger partial charge on any atom is 0.123 e. The molecule has 0 fully saturated rings. The molecule has 20 heavy (non-hydrogen) atoms. The largest absolute Gasteiger partial charge is 0.376 e. The van der Waals surface area contributed by atoms with Gasteiger partial charge in [0.05, 0.1) is 21.8 Å². The van der Waals surface area contributed by atoms with Gasteiger partial charge in [-0.1, -0.05) is 45.2 Å². The van der Waals surface area contributed by atoms with Crippen LogP contribution >= 0.6 is 39.1 Å². The molecule has 3 rings (SSSR count). The Morgan fingerprint density at radius 3 is 2.55 bits per heavy atom. The predicted molar refractivity (Wildman–Crippen MR) is 85.2 cm³/mol. The highest BCUT2D eigenvalue weighted by molar-refractivity contribution is 9.10. The molecule has 1 N–H and O–H groups in total. The van der Waals surface area contributed by atoms with E-state index in [-0.39, 0.29) is 11.9 Å². The predicted octanol–water partition coefficient (Wildman–Crippen LogP) is 5.99. The van der Waals surface area contributed by atoms with E-state index in [1.807, 2.05) is 6.07 Å². The number of aryl methyl sites for hydroxylation is 1. The average Bonchev–Trinajstić information content (AvgIpc) is 2.76. The Kier molecular flexibility index (Phi) is 3.93. The van der Waals surface area contributed by atoms with Gasteiger partial charge in [0.2, 0.25) is 0 Å². The zero-order valence-electron chi connectivity index (χ0n) is 10.4. The maximum atomic E-state index is 13.2. The summed E-state index contributed by atoms with van der Waals surface area (Å²) in [7, 11) is 0. The normalized spacial score (nSPS) is 17.1. The molecule has 0 aliphatic heterocycles. The van der Waals surface area contributed by atoms with Crippen LogP contribution in [-0.4, -0.2) is 0 Å². The lowest BCUT2D eigenvalue weighted by Crippen LogP contribution is -2.08. The van der Waals surface area contributed by atoms with Gasteiger partial charge in [-0.05, 0) is 48.2 Å². The van der Waals surface area contributed by atoms with Crippen molar-refractivity contribution in [1.29, 1.82) is 0 Å². The second-order valence-corrected chi connectivity index (χ2v) is 6.55. The van der Waals surface area contributed by atoms with Crippen LogP contribution in [0.5, 0.6) is 0 Å². The number of fused-ring (bicyclic) bond motifs is 1. The Bertz CT molecular complexity index is 652. The van der Waals surface area contributed by atoms with Gasteiger partial charge in [-0.15, -0.1) is 0 Å². The minimum absolute atomic E-state index is 0.113. The number of hydrogen-bond donors (Lipinski definition) is 1. The third-order valence-electron chi connectivity index (χ3n) is 3.51. The van der Waals surface area contributed by atoms with Gasteiger partial charge in [0.25, 0.3) is 0 Å². The molecule has 0 amide bonds. The summed E-state index contributed by atoms with van der Waals surface area (Å²) in [6, 6.07) is 8.63. The number of nitrogens with one attached hydrogen (secondary N) is 1. The van der Waals surface area contributed by atoms with Crippen LogP contribution in [-0.2, 0) is 6.42 Å². The SMILES string of the molecule is Fc1ccc2c(c1)CCC2Nc1c(Cl)cc(Br)cc1Cl. The molecule has 0 saturated heterocycles. The Morgan fingerprint density at radius 2 is 1.85 bits per heavy atom. The standard InChI is InChI=1S/C15H11BrCl2FN/c16-9-6-12(17)15(13(18)7-9)20-14-4-1-8-5-10(19)2-3-11(8)14/h2-3,5-7,14,20H,1,4H2. The first-order valence-corrected chi connectivity index (χ1v) is 7.79. The fourth-order valence-corrected chi connectivity index (χ4v) is 3.91. The first-order chi connectivity index (χ1) is 9.54. The molecule has 0 saturated carbocycles. The summed E-state index contributed by atoms with van der Waals surface area (Å²) >= 11 is 15.8. The van der Waals surface area contributed by atoms with E-state index >= 15 is 0 Å². The number of benzene rings is 2. The van der Waals surface area contributed by atoms with E-state index in [1.165, 1.54) is 6.07 Å². The molecule has 0 aromatic heterocycles. The first kappa shape index (κ1) is 14.2. The summed E-state index contributed by atoms with van der Waals surface area (Å²) < 4.78 is 14.1. The molecule has 104 valence electrons. The summed E-state index contributed by atoms with van der Waals surface area (Å²) in [5.41, 5.74) is 2.88. The van der Waals surface area contributed by atoms with Gasteiger partial charge in [0, 0.05) is 4.47 Å². The number of hydrogen-bond acceptors (Lipinski definition) is 1. The van der Waals surface area contributed by atoms with E-state index < -0.39 is 0 Å². The van der Waals surface area contributed by atoms with E-state index in [4.69, 9.17) is 23.2 Å². The molecule has 2 aromatic carbocycles. The lowest BCUT2D eigenvalue weighted by Gasteiger charge is -2.18. The summed E-state index contributed by atoms with van der Waals surface area (Å²) in [4.78, 5) is 0. The van der Waals surface area contributed by atoms with E-state index in [1.54, 1.807) is 18.2 Å². The lowest BCUT2D eigenvalue weighted by atomic mass is 10.1. The van der Waals surface area contributed by atoms with Gasteiger partial charge in [-0.2, -0.15) is 0 Å². The summed E-state index contributed by atoms with van der Waals surface area (Å²) in [6.07, 6.45) is 1.76. The summed E-state index contributed by atoms with van der Waals surface area (Å²) in [6.45, 7) is 0. The van der Waals surface area contributed by atoms with Crippen molar-refractivity contribution in [3.63, 3.8) is 0 Å². The second kappa shape index (κ2) is 5.55. The van der Waals surface area contributed by atoms with E-state index in [0.717, 1.165) is 34.1 Å². The average molecular weight is 375 g/mol. The monoisotopic (exact) mass is 373 g/mol. The minimum Gasteiger partial charge on any atom is -0.376 e. The van der Waals surface area contributed by atoms with Crippen molar-refractivity contribution in [2.75, 3.05) is 5.32 Å². The van der Waals surface area contributed by atoms with Crippen molar-refractivity contribution >= 4 is 44.8 Å². The topological polar surface area (TPSA) is 12.0 Å². The smallest absolute Gasteiger partial charge is 0.123 e. The molecule has 1 atom stereocenters. The molecule has 0 spiro atoms. The van der Waals surface area contributed by atoms with E-state index in [9.17, 15) is 4.39 Å². The van der Waals surface area contributed by atoms with Crippen LogP contribution in [0.4, 0.5) is 10.1 Å². The van der Waals surface area contributed by atoms with Crippen LogP contribution in [0.2, 0.25) is 10.0 Å². The molecule has 1 aliphatic carbocycles. The number of rotatable bonds is 2. The van der Waals surface area contributed by atoms with Crippen molar-refractivity contribution < 1.29 is 4.39 Å². The zero-order valence-corrected chi connectivity index (χ0v) is 13.5.